The van der Waals surface area contributed by atoms with Gasteiger partial charge in [-0.15, -0.1) is 0 Å². The molecule has 2 heterocycles. The number of nitrogens with one attached hydrogen (secondary N) is 2. The second-order valence-corrected chi connectivity index (χ2v) is 5.78. The molecule has 26 heavy (non-hydrogen) atoms. The quantitative estimate of drug-likeness (QED) is 0.635. The van der Waals surface area contributed by atoms with E-state index in [4.69, 9.17) is 9.36 Å². The van der Waals surface area contributed by atoms with Gasteiger partial charge < -0.3 is 9.84 Å². The number of benzene rings is 1. The van der Waals surface area contributed by atoms with Crippen molar-refractivity contribution in [2.75, 3.05) is 5.32 Å². The molecule has 7 heteroatoms. The van der Waals surface area contributed by atoms with Crippen LogP contribution in [-0.2, 0) is 18.0 Å². The summed E-state index contributed by atoms with van der Waals surface area (Å²) in [5.41, 5.74) is 6.35. The number of nitrogens with zero attached hydrogens (tertiary/aromatic N) is 2. The highest BCUT2D eigenvalue weighted by Gasteiger charge is 2.13. The Morgan fingerprint density at radius 1 is 1.15 bits per heavy atom. The summed E-state index contributed by atoms with van der Waals surface area (Å²) in [5, 5.41) is 7.12. The van der Waals surface area contributed by atoms with E-state index in [-0.39, 0.29) is 12.5 Å². The molecule has 1 amide bonds. The minimum absolute atomic E-state index is 0.194. The molecule has 0 atom stereocenters. The van der Waals surface area contributed by atoms with Crippen LogP contribution < -0.4 is 10.8 Å². The van der Waals surface area contributed by atoms with E-state index in [1.165, 1.54) is 0 Å². The average molecular weight is 352 g/mol. The first kappa shape index (κ1) is 17.6. The molecular weight excluding hydrogens is 332 g/mol. The smallest absolute Gasteiger partial charge is 0.276 e. The van der Waals surface area contributed by atoms with Gasteiger partial charge in [-0.05, 0) is 43.7 Å². The van der Waals surface area contributed by atoms with Crippen molar-refractivity contribution in [3.8, 4) is 0 Å². The molecule has 0 unspecified atom stereocenters. The number of pyridine rings is 1. The Labute approximate surface area is 151 Å². The highest BCUT2D eigenvalue weighted by molar-refractivity contribution is 5.98. The Balaban J connectivity index is 1.60. The van der Waals surface area contributed by atoms with Crippen LogP contribution in [0, 0.1) is 13.8 Å². The Bertz CT molecular complexity index is 858. The van der Waals surface area contributed by atoms with Gasteiger partial charge in [0.15, 0.2) is 0 Å². The monoisotopic (exact) mass is 352 g/mol. The van der Waals surface area contributed by atoms with Gasteiger partial charge in [-0.2, -0.15) is 0 Å². The van der Waals surface area contributed by atoms with E-state index in [1.807, 2.05) is 31.2 Å². The van der Waals surface area contributed by atoms with Gasteiger partial charge >= 0.3 is 0 Å². The summed E-state index contributed by atoms with van der Waals surface area (Å²) < 4.78 is 5.07. The van der Waals surface area contributed by atoms with E-state index in [9.17, 15) is 4.79 Å². The van der Waals surface area contributed by atoms with E-state index in [2.05, 4.69) is 20.9 Å². The number of hydrogen-bond acceptors (Lipinski definition) is 6. The number of amides is 1. The molecule has 0 aliphatic heterocycles. The number of anilines is 1. The van der Waals surface area contributed by atoms with Crippen LogP contribution in [0.4, 0.5) is 5.69 Å². The van der Waals surface area contributed by atoms with Crippen molar-refractivity contribution < 1.29 is 14.2 Å². The molecule has 0 fully saturated rings. The van der Waals surface area contributed by atoms with Crippen LogP contribution in [0.25, 0.3) is 0 Å². The Morgan fingerprint density at radius 2 is 1.92 bits per heavy atom. The zero-order valence-electron chi connectivity index (χ0n) is 14.7. The SMILES string of the molecule is Cc1noc(C)c1CONC(=O)c1ccccc1NCc1ccncc1. The number of para-hydroxylation sites is 1. The summed E-state index contributed by atoms with van der Waals surface area (Å²) in [7, 11) is 0. The van der Waals surface area contributed by atoms with E-state index < -0.39 is 0 Å². The Hall–Kier alpha value is -3.19. The first-order valence-electron chi connectivity index (χ1n) is 8.21. The molecule has 3 aromatic rings. The van der Waals surface area contributed by atoms with Crippen molar-refractivity contribution in [2.24, 2.45) is 0 Å². The van der Waals surface area contributed by atoms with Crippen LogP contribution in [0.3, 0.4) is 0 Å². The largest absolute Gasteiger partial charge is 0.380 e. The Kier molecular flexibility index (Phi) is 5.60. The maximum absolute atomic E-state index is 12.4. The second-order valence-electron chi connectivity index (χ2n) is 5.78. The van der Waals surface area contributed by atoms with E-state index in [0.29, 0.717) is 17.9 Å². The number of carbonyl (C=O) groups is 1. The molecule has 1 aromatic carbocycles. The van der Waals surface area contributed by atoms with Gasteiger partial charge in [0.2, 0.25) is 0 Å². The average Bonchev–Trinajstić information content (AvgIpc) is 2.99. The summed E-state index contributed by atoms with van der Waals surface area (Å²) in [5.74, 6) is 0.353. The van der Waals surface area contributed by atoms with Crippen molar-refractivity contribution in [3.63, 3.8) is 0 Å². The van der Waals surface area contributed by atoms with Gasteiger partial charge in [-0.1, -0.05) is 17.3 Å². The van der Waals surface area contributed by atoms with Crippen molar-refractivity contribution >= 4 is 11.6 Å². The summed E-state index contributed by atoms with van der Waals surface area (Å²) in [6.45, 7) is 4.42. The minimum atomic E-state index is -0.324. The first-order chi connectivity index (χ1) is 12.6. The predicted molar refractivity (Wildman–Crippen MR) is 96.2 cm³/mol. The number of hydrogen-bond donors (Lipinski definition) is 2. The van der Waals surface area contributed by atoms with Crippen LogP contribution in [0.1, 0.15) is 32.9 Å². The summed E-state index contributed by atoms with van der Waals surface area (Å²) >= 11 is 0. The normalized spacial score (nSPS) is 10.5. The van der Waals surface area contributed by atoms with E-state index in [0.717, 1.165) is 22.5 Å². The highest BCUT2D eigenvalue weighted by Crippen LogP contribution is 2.17. The van der Waals surface area contributed by atoms with Crippen LogP contribution in [0.2, 0.25) is 0 Å². The van der Waals surface area contributed by atoms with E-state index >= 15 is 0 Å². The van der Waals surface area contributed by atoms with Crippen molar-refractivity contribution in [2.45, 2.75) is 27.0 Å². The topological polar surface area (TPSA) is 89.3 Å². The molecule has 0 aliphatic carbocycles. The van der Waals surface area contributed by atoms with Crippen LogP contribution >= 0.6 is 0 Å². The first-order valence-corrected chi connectivity index (χ1v) is 8.21. The fourth-order valence-corrected chi connectivity index (χ4v) is 2.47. The standard InChI is InChI=1S/C19H20N4O3/c1-13-17(14(2)26-22-13)12-25-23-19(24)16-5-3-4-6-18(16)21-11-15-7-9-20-10-8-15/h3-10,21H,11-12H2,1-2H3,(H,23,24). The van der Waals surface area contributed by atoms with Gasteiger partial charge in [0.1, 0.15) is 12.4 Å². The molecule has 2 aromatic heterocycles. The van der Waals surface area contributed by atoms with Crippen molar-refractivity contribution in [1.29, 1.82) is 0 Å². The molecule has 0 aliphatic rings. The zero-order valence-corrected chi connectivity index (χ0v) is 14.7. The van der Waals surface area contributed by atoms with Crippen LogP contribution in [0.5, 0.6) is 0 Å². The minimum Gasteiger partial charge on any atom is -0.380 e. The molecule has 134 valence electrons. The van der Waals surface area contributed by atoms with Crippen LogP contribution in [0.15, 0.2) is 53.3 Å². The third kappa shape index (κ3) is 4.25. The number of aromatic nitrogens is 2. The fraction of sp³-hybridized carbons (Fsp3) is 0.211. The molecule has 7 nitrogen and oxygen atoms in total. The van der Waals surface area contributed by atoms with Gasteiger partial charge in [0.25, 0.3) is 5.91 Å². The lowest BCUT2D eigenvalue weighted by Gasteiger charge is -2.12. The number of carbonyl (C=O) groups excluding carboxylic acids is 1. The zero-order chi connectivity index (χ0) is 18.4. The number of rotatable bonds is 7. The molecule has 0 saturated heterocycles. The van der Waals surface area contributed by atoms with Crippen molar-refractivity contribution in [3.05, 3.63) is 76.9 Å². The molecule has 0 radical (unpaired) electrons. The predicted octanol–water partition coefficient (Wildman–Crippen LogP) is 3.16. The molecular formula is C19H20N4O3. The maximum Gasteiger partial charge on any atom is 0.276 e. The lowest BCUT2D eigenvalue weighted by Crippen LogP contribution is -2.24. The second kappa shape index (κ2) is 8.26. The lowest BCUT2D eigenvalue weighted by molar-refractivity contribution is 0.0228. The molecule has 2 N–H and O–H groups in total. The molecule has 0 bridgehead atoms. The third-order valence-electron chi connectivity index (χ3n) is 3.97. The Morgan fingerprint density at radius 3 is 2.65 bits per heavy atom. The molecule has 3 rings (SSSR count). The summed E-state index contributed by atoms with van der Waals surface area (Å²) in [6.07, 6.45) is 3.47. The van der Waals surface area contributed by atoms with Gasteiger partial charge in [0, 0.05) is 30.2 Å². The summed E-state index contributed by atoms with van der Waals surface area (Å²) in [6, 6.07) is 11.1. The van der Waals surface area contributed by atoms with Gasteiger partial charge in [-0.3, -0.25) is 14.6 Å². The number of hydroxylamine groups is 1. The van der Waals surface area contributed by atoms with Crippen LogP contribution in [-0.4, -0.2) is 16.0 Å². The lowest BCUT2D eigenvalue weighted by atomic mass is 10.1. The molecule has 0 spiro atoms. The third-order valence-corrected chi connectivity index (χ3v) is 3.97. The highest BCUT2D eigenvalue weighted by atomic mass is 16.7. The molecule has 0 saturated carbocycles. The fourth-order valence-electron chi connectivity index (χ4n) is 2.47. The van der Waals surface area contributed by atoms with Gasteiger partial charge in [-0.25, -0.2) is 5.48 Å². The van der Waals surface area contributed by atoms with Gasteiger partial charge in [0.05, 0.1) is 11.3 Å². The van der Waals surface area contributed by atoms with Crippen molar-refractivity contribution in [1.82, 2.24) is 15.6 Å². The summed E-state index contributed by atoms with van der Waals surface area (Å²) in [4.78, 5) is 21.8. The van der Waals surface area contributed by atoms with E-state index in [1.54, 1.807) is 31.5 Å². The number of aryl methyl sites for hydroxylation is 2. The maximum atomic E-state index is 12.4.